The normalized spacial score (nSPS) is 24.4. The molecule has 3 aromatic carbocycles. The number of primary amides is 1. The number of nitrogens with two attached hydrogens (primary N) is 1. The van der Waals surface area contributed by atoms with Crippen molar-refractivity contribution in [2.24, 2.45) is 22.5 Å². The lowest BCUT2D eigenvalue weighted by Gasteiger charge is -2.38. The molecule has 2 aliphatic heterocycles. The molecule has 3 fully saturated rings. The standard InChI is InChI=1S/C38H45N3O5/c1-35(2)31(34(44)46-37(17-21-40-22-18-37)29-7-5-4-6-8-29)36(35,3)25-26-9-15-30(16-10-26)38(19-23-41-24-20-38)45-33(43)28-13-11-27(12-14-28)32(39)42/h4-16,31,40-41H,17-25H2,1-3H3,(H2,39,42). The van der Waals surface area contributed by atoms with E-state index in [0.29, 0.717) is 24.0 Å². The first kappa shape index (κ1) is 32.0. The SMILES string of the molecule is CC1(C)C(C(=O)OC2(c3ccccc3)CCNCC2)C1(C)Cc1ccc(C2(OC(=O)c3ccc(C(N)=O)cc3)CCNCC2)cc1. The highest BCUT2D eigenvalue weighted by Gasteiger charge is 2.72. The molecule has 2 atom stereocenters. The molecule has 2 unspecified atom stereocenters. The van der Waals surface area contributed by atoms with Crippen molar-refractivity contribution >= 4 is 17.8 Å². The van der Waals surface area contributed by atoms with Gasteiger partial charge in [0.1, 0.15) is 11.2 Å². The van der Waals surface area contributed by atoms with E-state index in [1.165, 1.54) is 0 Å². The fourth-order valence-corrected chi connectivity index (χ4v) is 7.87. The van der Waals surface area contributed by atoms with E-state index in [4.69, 9.17) is 15.2 Å². The van der Waals surface area contributed by atoms with E-state index in [1.807, 2.05) is 18.2 Å². The number of hydrogen-bond donors (Lipinski definition) is 3. The minimum Gasteiger partial charge on any atom is -0.454 e. The van der Waals surface area contributed by atoms with E-state index in [-0.39, 0.29) is 22.7 Å². The van der Waals surface area contributed by atoms with Crippen LogP contribution >= 0.6 is 0 Å². The highest BCUT2D eigenvalue weighted by molar-refractivity contribution is 5.95. The number of benzene rings is 3. The molecule has 8 nitrogen and oxygen atoms in total. The Morgan fingerprint density at radius 1 is 0.696 bits per heavy atom. The Kier molecular flexibility index (Phi) is 8.55. The Balaban J connectivity index is 1.17. The average Bonchev–Trinajstić information content (AvgIpc) is 3.52. The van der Waals surface area contributed by atoms with Gasteiger partial charge in [-0.25, -0.2) is 4.79 Å². The molecule has 0 bridgehead atoms. The molecule has 0 radical (unpaired) electrons. The molecule has 3 aliphatic rings. The van der Waals surface area contributed by atoms with E-state index in [1.54, 1.807) is 24.3 Å². The molecule has 4 N–H and O–H groups in total. The average molecular weight is 624 g/mol. The fraction of sp³-hybridized carbons (Fsp3) is 0.447. The number of amides is 1. The molecule has 1 amide bonds. The van der Waals surface area contributed by atoms with Crippen LogP contribution in [0.1, 0.15) is 83.9 Å². The Labute approximate surface area is 271 Å². The number of carbonyl (C=O) groups excluding carboxylic acids is 3. The lowest BCUT2D eigenvalue weighted by Crippen LogP contribution is -2.43. The maximum absolute atomic E-state index is 13.9. The van der Waals surface area contributed by atoms with Gasteiger partial charge in [0.15, 0.2) is 0 Å². The van der Waals surface area contributed by atoms with Gasteiger partial charge < -0.3 is 25.8 Å². The summed E-state index contributed by atoms with van der Waals surface area (Å²) in [5, 5.41) is 6.78. The van der Waals surface area contributed by atoms with Gasteiger partial charge in [-0.05, 0) is 84.4 Å². The third kappa shape index (κ3) is 5.84. The van der Waals surface area contributed by atoms with Gasteiger partial charge in [0, 0.05) is 31.2 Å². The predicted molar refractivity (Wildman–Crippen MR) is 176 cm³/mol. The van der Waals surface area contributed by atoms with E-state index >= 15 is 0 Å². The van der Waals surface area contributed by atoms with Crippen molar-refractivity contribution in [1.82, 2.24) is 10.6 Å². The first-order valence-electron chi connectivity index (χ1n) is 16.4. The summed E-state index contributed by atoms with van der Waals surface area (Å²) in [4.78, 5) is 38.6. The van der Waals surface area contributed by atoms with Crippen LogP contribution in [-0.2, 0) is 31.9 Å². The summed E-state index contributed by atoms with van der Waals surface area (Å²) in [6.45, 7) is 9.62. The summed E-state index contributed by atoms with van der Waals surface area (Å²) in [6.07, 6.45) is 3.55. The smallest absolute Gasteiger partial charge is 0.339 e. The summed E-state index contributed by atoms with van der Waals surface area (Å²) >= 11 is 0. The number of esters is 2. The van der Waals surface area contributed by atoms with Crippen LogP contribution in [0, 0.1) is 16.7 Å². The van der Waals surface area contributed by atoms with E-state index < -0.39 is 23.1 Å². The molecule has 2 saturated heterocycles. The van der Waals surface area contributed by atoms with Crippen LogP contribution in [0.3, 0.4) is 0 Å². The maximum atomic E-state index is 13.9. The summed E-state index contributed by atoms with van der Waals surface area (Å²) in [5.74, 6) is -1.30. The van der Waals surface area contributed by atoms with Crippen LogP contribution in [0.25, 0.3) is 0 Å². The molecule has 0 aromatic heterocycles. The number of ether oxygens (including phenoxy) is 2. The Hall–Kier alpha value is -4.01. The van der Waals surface area contributed by atoms with Crippen LogP contribution in [0.4, 0.5) is 0 Å². The Morgan fingerprint density at radius 3 is 1.74 bits per heavy atom. The van der Waals surface area contributed by atoms with Gasteiger partial charge in [-0.1, -0.05) is 75.4 Å². The molecule has 2 heterocycles. The Bertz CT molecular complexity index is 1570. The largest absolute Gasteiger partial charge is 0.454 e. The summed E-state index contributed by atoms with van der Waals surface area (Å²) < 4.78 is 12.7. The zero-order chi connectivity index (χ0) is 32.6. The quantitative estimate of drug-likeness (QED) is 0.279. The molecule has 0 spiro atoms. The second kappa shape index (κ2) is 12.3. The Morgan fingerprint density at radius 2 is 1.20 bits per heavy atom. The lowest BCUT2D eigenvalue weighted by molar-refractivity contribution is -0.167. The van der Waals surface area contributed by atoms with Crippen molar-refractivity contribution in [3.63, 3.8) is 0 Å². The van der Waals surface area contributed by atoms with Crippen LogP contribution in [0.15, 0.2) is 78.9 Å². The van der Waals surface area contributed by atoms with Crippen molar-refractivity contribution in [2.45, 2.75) is 64.1 Å². The molecule has 3 aromatic rings. The minimum absolute atomic E-state index is 0.112. The zero-order valence-electron chi connectivity index (χ0n) is 27.1. The fourth-order valence-electron chi connectivity index (χ4n) is 7.87. The van der Waals surface area contributed by atoms with Crippen molar-refractivity contribution in [3.05, 3.63) is 107 Å². The third-order valence-electron chi connectivity index (χ3n) is 11.1. The second-order valence-electron chi connectivity index (χ2n) is 14.1. The monoisotopic (exact) mass is 623 g/mol. The van der Waals surface area contributed by atoms with Gasteiger partial charge in [0.05, 0.1) is 11.5 Å². The van der Waals surface area contributed by atoms with E-state index in [2.05, 4.69) is 67.8 Å². The molecule has 242 valence electrons. The first-order valence-corrected chi connectivity index (χ1v) is 16.4. The molecule has 1 aliphatic carbocycles. The van der Waals surface area contributed by atoms with E-state index in [9.17, 15) is 14.4 Å². The van der Waals surface area contributed by atoms with E-state index in [0.717, 1.165) is 62.1 Å². The molecule has 46 heavy (non-hydrogen) atoms. The number of rotatable bonds is 9. The van der Waals surface area contributed by atoms with Crippen LogP contribution < -0.4 is 16.4 Å². The molecule has 1 saturated carbocycles. The van der Waals surface area contributed by atoms with Gasteiger partial charge in [0.2, 0.25) is 5.91 Å². The minimum atomic E-state index is -0.765. The third-order valence-corrected chi connectivity index (χ3v) is 11.1. The zero-order valence-corrected chi connectivity index (χ0v) is 27.1. The van der Waals surface area contributed by atoms with Crippen LogP contribution in [0.2, 0.25) is 0 Å². The molecule has 6 rings (SSSR count). The van der Waals surface area contributed by atoms with Crippen molar-refractivity contribution in [3.8, 4) is 0 Å². The summed E-state index contributed by atoms with van der Waals surface area (Å²) in [7, 11) is 0. The van der Waals surface area contributed by atoms with Crippen LogP contribution in [-0.4, -0.2) is 44.0 Å². The summed E-state index contributed by atoms with van der Waals surface area (Å²) in [5.41, 5.74) is 7.38. The topological polar surface area (TPSA) is 120 Å². The number of piperidine rings is 2. The number of nitrogens with one attached hydrogen (secondary N) is 2. The van der Waals surface area contributed by atoms with Crippen molar-refractivity contribution < 1.29 is 23.9 Å². The van der Waals surface area contributed by atoms with Crippen molar-refractivity contribution in [2.75, 3.05) is 26.2 Å². The first-order chi connectivity index (χ1) is 22.0. The number of hydrogen-bond acceptors (Lipinski definition) is 7. The summed E-state index contributed by atoms with van der Waals surface area (Å²) in [6, 6.07) is 24.7. The predicted octanol–water partition coefficient (Wildman–Crippen LogP) is 5.25. The van der Waals surface area contributed by atoms with Gasteiger partial charge in [-0.3, -0.25) is 9.59 Å². The van der Waals surface area contributed by atoms with Gasteiger partial charge >= 0.3 is 11.9 Å². The van der Waals surface area contributed by atoms with Gasteiger partial charge in [0.25, 0.3) is 0 Å². The molecule has 8 heteroatoms. The lowest BCUT2D eigenvalue weighted by atomic mass is 9.83. The van der Waals surface area contributed by atoms with Gasteiger partial charge in [-0.15, -0.1) is 0 Å². The maximum Gasteiger partial charge on any atom is 0.339 e. The van der Waals surface area contributed by atoms with Crippen molar-refractivity contribution in [1.29, 1.82) is 0 Å². The second-order valence-corrected chi connectivity index (χ2v) is 14.1. The number of carbonyl (C=O) groups is 3. The molecular formula is C38H45N3O5. The highest BCUT2D eigenvalue weighted by Crippen LogP contribution is 2.70. The van der Waals surface area contributed by atoms with Crippen LogP contribution in [0.5, 0.6) is 0 Å². The van der Waals surface area contributed by atoms with Gasteiger partial charge in [-0.2, -0.15) is 0 Å². The highest BCUT2D eigenvalue weighted by atomic mass is 16.6. The molecular weight excluding hydrogens is 578 g/mol.